The van der Waals surface area contributed by atoms with Crippen molar-refractivity contribution in [2.24, 2.45) is 0 Å². The number of hydrogen-bond donors (Lipinski definition) is 1. The van der Waals surface area contributed by atoms with Crippen molar-refractivity contribution in [1.29, 1.82) is 0 Å². The van der Waals surface area contributed by atoms with E-state index in [-0.39, 0.29) is 17.2 Å². The van der Waals surface area contributed by atoms with Crippen LogP contribution in [0.25, 0.3) is 0 Å². The van der Waals surface area contributed by atoms with Gasteiger partial charge in [0.05, 0.1) is 18.6 Å². The van der Waals surface area contributed by atoms with Gasteiger partial charge in [0, 0.05) is 11.3 Å². The maximum Gasteiger partial charge on any atom is 0.255 e. The number of rotatable bonds is 5. The first-order valence-corrected chi connectivity index (χ1v) is 10.5. The summed E-state index contributed by atoms with van der Waals surface area (Å²) in [6.07, 6.45) is 1.61. The number of thioether (sulfide) groups is 1. The van der Waals surface area contributed by atoms with E-state index in [2.05, 4.69) is 5.32 Å². The van der Waals surface area contributed by atoms with Crippen molar-refractivity contribution in [2.45, 2.75) is 25.8 Å². The molecule has 148 valence electrons. The fraction of sp³-hybridized carbons (Fsp3) is 0.217. The van der Waals surface area contributed by atoms with Crippen molar-refractivity contribution in [3.05, 3.63) is 88.9 Å². The number of carbonyl (C=O) groups excluding carboxylic acids is 2. The predicted molar refractivity (Wildman–Crippen MR) is 115 cm³/mol. The lowest BCUT2D eigenvalue weighted by Gasteiger charge is -2.23. The normalized spacial score (nSPS) is 16.3. The van der Waals surface area contributed by atoms with Crippen LogP contribution >= 0.6 is 11.8 Å². The number of benzene rings is 2. The SMILES string of the molecule is Cc1ccc(C)c(NC(=O)c2ccc(C3SCC(=O)N3Cc3ccco3)cc2)c1. The molecule has 3 aromatic rings. The van der Waals surface area contributed by atoms with Crippen LogP contribution in [0, 0.1) is 13.8 Å². The maximum atomic E-state index is 12.6. The highest BCUT2D eigenvalue weighted by Crippen LogP contribution is 2.39. The molecule has 4 rings (SSSR count). The van der Waals surface area contributed by atoms with Gasteiger partial charge in [-0.2, -0.15) is 0 Å². The molecule has 1 aliphatic heterocycles. The van der Waals surface area contributed by atoms with Gasteiger partial charge < -0.3 is 14.6 Å². The Hall–Kier alpha value is -2.99. The maximum absolute atomic E-state index is 12.6. The van der Waals surface area contributed by atoms with Crippen molar-refractivity contribution in [2.75, 3.05) is 11.1 Å². The lowest BCUT2D eigenvalue weighted by atomic mass is 10.1. The van der Waals surface area contributed by atoms with E-state index in [0.717, 1.165) is 28.1 Å². The third kappa shape index (κ3) is 4.22. The third-order valence-corrected chi connectivity index (χ3v) is 6.23. The number of aryl methyl sites for hydroxylation is 2. The van der Waals surface area contributed by atoms with E-state index in [1.165, 1.54) is 0 Å². The third-order valence-electron chi connectivity index (χ3n) is 4.97. The van der Waals surface area contributed by atoms with E-state index < -0.39 is 0 Å². The minimum atomic E-state index is -0.146. The quantitative estimate of drug-likeness (QED) is 0.653. The van der Waals surface area contributed by atoms with Crippen molar-refractivity contribution < 1.29 is 14.0 Å². The summed E-state index contributed by atoms with van der Waals surface area (Å²) in [5.41, 5.74) is 4.52. The molecular weight excluding hydrogens is 384 g/mol. The van der Waals surface area contributed by atoms with Crippen molar-refractivity contribution in [3.63, 3.8) is 0 Å². The summed E-state index contributed by atoms with van der Waals surface area (Å²) in [6, 6.07) is 17.1. The molecule has 1 unspecified atom stereocenters. The summed E-state index contributed by atoms with van der Waals surface area (Å²) >= 11 is 1.59. The van der Waals surface area contributed by atoms with Gasteiger partial charge in [0.2, 0.25) is 5.91 Å². The average molecular weight is 407 g/mol. The topological polar surface area (TPSA) is 62.6 Å². The number of nitrogens with one attached hydrogen (secondary N) is 1. The molecule has 2 heterocycles. The molecule has 0 spiro atoms. The Kier molecular flexibility index (Phi) is 5.45. The van der Waals surface area contributed by atoms with E-state index in [1.54, 1.807) is 18.0 Å². The molecule has 1 saturated heterocycles. The predicted octanol–water partition coefficient (Wildman–Crippen LogP) is 4.92. The highest BCUT2D eigenvalue weighted by molar-refractivity contribution is 8.00. The molecule has 0 saturated carbocycles. The van der Waals surface area contributed by atoms with Gasteiger partial charge in [-0.3, -0.25) is 9.59 Å². The van der Waals surface area contributed by atoms with Crippen LogP contribution in [0.2, 0.25) is 0 Å². The van der Waals surface area contributed by atoms with Gasteiger partial charge >= 0.3 is 0 Å². The lowest BCUT2D eigenvalue weighted by Crippen LogP contribution is -2.27. The van der Waals surface area contributed by atoms with Crippen LogP contribution in [-0.4, -0.2) is 22.5 Å². The second kappa shape index (κ2) is 8.17. The minimum Gasteiger partial charge on any atom is -0.467 e. The summed E-state index contributed by atoms with van der Waals surface area (Å²) in [6.45, 7) is 4.41. The van der Waals surface area contributed by atoms with Crippen LogP contribution in [0.3, 0.4) is 0 Å². The molecule has 5 nitrogen and oxygen atoms in total. The summed E-state index contributed by atoms with van der Waals surface area (Å²) in [5.74, 6) is 1.15. The summed E-state index contributed by atoms with van der Waals surface area (Å²) in [7, 11) is 0. The molecule has 29 heavy (non-hydrogen) atoms. The first-order valence-electron chi connectivity index (χ1n) is 9.43. The number of furan rings is 1. The molecular formula is C23H22N2O3S. The molecule has 1 atom stereocenters. The zero-order valence-electron chi connectivity index (χ0n) is 16.3. The van der Waals surface area contributed by atoms with Crippen LogP contribution < -0.4 is 5.32 Å². The second-order valence-electron chi connectivity index (χ2n) is 7.16. The van der Waals surface area contributed by atoms with Crippen molar-refractivity contribution >= 4 is 29.3 Å². The molecule has 2 aromatic carbocycles. The van der Waals surface area contributed by atoms with Crippen molar-refractivity contribution in [1.82, 2.24) is 4.90 Å². The van der Waals surface area contributed by atoms with Gasteiger partial charge in [0.15, 0.2) is 0 Å². The van der Waals surface area contributed by atoms with Crippen LogP contribution in [0.1, 0.15) is 38.2 Å². The Morgan fingerprint density at radius 1 is 1.17 bits per heavy atom. The Morgan fingerprint density at radius 3 is 2.69 bits per heavy atom. The molecule has 1 fully saturated rings. The highest BCUT2D eigenvalue weighted by Gasteiger charge is 2.33. The molecule has 0 radical (unpaired) electrons. The molecule has 2 amide bonds. The van der Waals surface area contributed by atoms with Crippen LogP contribution in [-0.2, 0) is 11.3 Å². The van der Waals surface area contributed by atoms with E-state index >= 15 is 0 Å². The van der Waals surface area contributed by atoms with Crippen LogP contribution in [0.5, 0.6) is 0 Å². The molecule has 0 bridgehead atoms. The Morgan fingerprint density at radius 2 is 1.97 bits per heavy atom. The fourth-order valence-corrected chi connectivity index (χ4v) is 4.52. The molecule has 1 aliphatic rings. The van der Waals surface area contributed by atoms with Crippen LogP contribution in [0.4, 0.5) is 5.69 Å². The monoisotopic (exact) mass is 406 g/mol. The summed E-state index contributed by atoms with van der Waals surface area (Å²) in [5, 5.41) is 2.90. The van der Waals surface area contributed by atoms with Gasteiger partial charge in [-0.05, 0) is 60.9 Å². The number of carbonyl (C=O) groups is 2. The van der Waals surface area contributed by atoms with Crippen molar-refractivity contribution in [3.8, 4) is 0 Å². The van der Waals surface area contributed by atoms with E-state index in [1.807, 2.05) is 73.3 Å². The van der Waals surface area contributed by atoms with Gasteiger partial charge in [-0.15, -0.1) is 11.8 Å². The Labute approximate surface area is 174 Å². The van der Waals surface area contributed by atoms with Gasteiger partial charge in [-0.25, -0.2) is 0 Å². The van der Waals surface area contributed by atoms with E-state index in [0.29, 0.717) is 17.9 Å². The van der Waals surface area contributed by atoms with Gasteiger partial charge in [-0.1, -0.05) is 24.3 Å². The molecule has 6 heteroatoms. The number of hydrogen-bond acceptors (Lipinski definition) is 4. The first kappa shape index (κ1) is 19.3. The van der Waals surface area contributed by atoms with E-state index in [9.17, 15) is 9.59 Å². The smallest absolute Gasteiger partial charge is 0.255 e. The zero-order valence-corrected chi connectivity index (χ0v) is 17.2. The molecule has 0 aliphatic carbocycles. The standard InChI is InChI=1S/C23H22N2O3S/c1-15-5-6-16(2)20(12-15)24-22(27)17-7-9-18(10-8-17)23-25(21(26)14-29-23)13-19-4-3-11-28-19/h3-12,23H,13-14H2,1-2H3,(H,24,27). The first-order chi connectivity index (χ1) is 14.0. The Bertz CT molecular complexity index is 1030. The van der Waals surface area contributed by atoms with Crippen LogP contribution in [0.15, 0.2) is 65.3 Å². The highest BCUT2D eigenvalue weighted by atomic mass is 32.2. The zero-order chi connectivity index (χ0) is 20.4. The molecule has 1 aromatic heterocycles. The summed E-state index contributed by atoms with van der Waals surface area (Å²) < 4.78 is 5.40. The second-order valence-corrected chi connectivity index (χ2v) is 8.23. The van der Waals surface area contributed by atoms with Gasteiger partial charge in [0.25, 0.3) is 5.91 Å². The number of nitrogens with zero attached hydrogens (tertiary/aromatic N) is 1. The molecule has 1 N–H and O–H groups in total. The lowest BCUT2D eigenvalue weighted by molar-refractivity contribution is -0.128. The number of amides is 2. The largest absolute Gasteiger partial charge is 0.467 e. The number of anilines is 1. The fourth-order valence-electron chi connectivity index (χ4n) is 3.34. The Balaban J connectivity index is 1.49. The summed E-state index contributed by atoms with van der Waals surface area (Å²) in [4.78, 5) is 26.8. The van der Waals surface area contributed by atoms with E-state index in [4.69, 9.17) is 4.42 Å². The average Bonchev–Trinajstić information content (AvgIpc) is 3.36. The van der Waals surface area contributed by atoms with Gasteiger partial charge in [0.1, 0.15) is 11.1 Å². The minimum absolute atomic E-state index is 0.0799.